The van der Waals surface area contributed by atoms with Crippen LogP contribution in [0, 0.1) is 5.92 Å². The zero-order chi connectivity index (χ0) is 17.5. The Bertz CT molecular complexity index is 671. The lowest BCUT2D eigenvalue weighted by Crippen LogP contribution is -2.30. The van der Waals surface area contributed by atoms with Crippen molar-refractivity contribution in [2.24, 2.45) is 5.92 Å². The normalized spacial score (nSPS) is 17.4. The molecule has 1 fully saturated rings. The number of carbonyl (C=O) groups excluding carboxylic acids is 1. The summed E-state index contributed by atoms with van der Waals surface area (Å²) in [7, 11) is 0. The van der Waals surface area contributed by atoms with Gasteiger partial charge in [0, 0.05) is 30.4 Å². The van der Waals surface area contributed by atoms with Gasteiger partial charge < -0.3 is 10.6 Å². The number of aromatic nitrogens is 2. The fraction of sp³-hybridized carbons (Fsp3) is 0.500. The molecule has 2 aromatic rings. The number of hydrogen-bond donors (Lipinski definition) is 2. The summed E-state index contributed by atoms with van der Waals surface area (Å²) in [5.74, 6) is 0.683. The molecule has 1 aromatic carbocycles. The minimum absolute atomic E-state index is 0.0332. The van der Waals surface area contributed by atoms with Gasteiger partial charge in [-0.15, -0.1) is 0 Å². The van der Waals surface area contributed by atoms with Crippen molar-refractivity contribution in [2.75, 3.05) is 13.1 Å². The molecule has 0 radical (unpaired) electrons. The number of nitrogens with zero attached hydrogens (tertiary/aromatic N) is 2. The van der Waals surface area contributed by atoms with Crippen molar-refractivity contribution >= 4 is 5.91 Å². The van der Waals surface area contributed by atoms with Gasteiger partial charge in [-0.1, -0.05) is 19.1 Å². The Morgan fingerprint density at radius 1 is 1.32 bits per heavy atom. The number of carbonyl (C=O) groups is 1. The Labute approximate surface area is 149 Å². The molecule has 0 saturated carbocycles. The van der Waals surface area contributed by atoms with E-state index in [2.05, 4.69) is 34.8 Å². The van der Waals surface area contributed by atoms with Crippen LogP contribution in [-0.2, 0) is 19.5 Å². The first kappa shape index (κ1) is 17.7. The van der Waals surface area contributed by atoms with Crippen molar-refractivity contribution in [2.45, 2.75) is 45.7 Å². The van der Waals surface area contributed by atoms with Gasteiger partial charge in [-0.2, -0.15) is 5.10 Å². The molecule has 134 valence electrons. The lowest BCUT2D eigenvalue weighted by molar-refractivity contribution is 0.0951. The van der Waals surface area contributed by atoms with Crippen LogP contribution in [0.1, 0.15) is 47.7 Å². The summed E-state index contributed by atoms with van der Waals surface area (Å²) in [4.78, 5) is 12.3. The fourth-order valence-corrected chi connectivity index (χ4v) is 3.36. The Morgan fingerprint density at radius 2 is 2.16 bits per heavy atom. The highest BCUT2D eigenvalue weighted by molar-refractivity contribution is 5.94. The van der Waals surface area contributed by atoms with E-state index in [1.165, 1.54) is 18.4 Å². The van der Waals surface area contributed by atoms with E-state index in [9.17, 15) is 4.79 Å². The first-order valence-corrected chi connectivity index (χ1v) is 9.34. The van der Waals surface area contributed by atoms with Crippen LogP contribution in [0.25, 0.3) is 0 Å². The largest absolute Gasteiger partial charge is 0.348 e. The molecule has 1 aliphatic rings. The van der Waals surface area contributed by atoms with Crippen LogP contribution in [0.3, 0.4) is 0 Å². The minimum atomic E-state index is -0.0332. The van der Waals surface area contributed by atoms with E-state index in [1.54, 1.807) is 0 Å². The zero-order valence-electron chi connectivity index (χ0n) is 15.0. The van der Waals surface area contributed by atoms with E-state index in [1.807, 2.05) is 29.2 Å². The van der Waals surface area contributed by atoms with Crippen molar-refractivity contribution < 1.29 is 4.79 Å². The maximum absolute atomic E-state index is 12.3. The summed E-state index contributed by atoms with van der Waals surface area (Å²) in [5.41, 5.74) is 3.06. The third kappa shape index (κ3) is 5.16. The highest BCUT2D eigenvalue weighted by atomic mass is 16.1. The van der Waals surface area contributed by atoms with Gasteiger partial charge in [0.1, 0.15) is 0 Å². The van der Waals surface area contributed by atoms with Crippen LogP contribution in [0.2, 0.25) is 0 Å². The Morgan fingerprint density at radius 3 is 2.88 bits per heavy atom. The van der Waals surface area contributed by atoms with Crippen LogP contribution in [-0.4, -0.2) is 28.8 Å². The summed E-state index contributed by atoms with van der Waals surface area (Å²) < 4.78 is 1.91. The van der Waals surface area contributed by atoms with E-state index in [4.69, 9.17) is 0 Å². The standard InChI is InChI=1S/C20H28N4O/c1-2-10-24-15-18(14-23-24)13-22-20(25)19-7-5-16(6-8-19)11-17-4-3-9-21-12-17/h5-8,14-15,17,21H,2-4,9-13H2,1H3,(H,22,25)/t17-/m1/s1. The highest BCUT2D eigenvalue weighted by Crippen LogP contribution is 2.17. The molecule has 1 amide bonds. The summed E-state index contributed by atoms with van der Waals surface area (Å²) in [6.07, 6.45) is 8.51. The molecule has 5 nitrogen and oxygen atoms in total. The number of rotatable bonds is 7. The van der Waals surface area contributed by atoms with E-state index in [0.29, 0.717) is 18.0 Å². The maximum Gasteiger partial charge on any atom is 0.251 e. The second-order valence-corrected chi connectivity index (χ2v) is 6.91. The lowest BCUT2D eigenvalue weighted by Gasteiger charge is -2.22. The van der Waals surface area contributed by atoms with Gasteiger partial charge in [0.15, 0.2) is 0 Å². The Hall–Kier alpha value is -2.14. The van der Waals surface area contributed by atoms with Gasteiger partial charge in [0.05, 0.1) is 6.20 Å². The number of aryl methyl sites for hydroxylation is 1. The van der Waals surface area contributed by atoms with E-state index in [0.717, 1.165) is 38.0 Å². The minimum Gasteiger partial charge on any atom is -0.348 e. The van der Waals surface area contributed by atoms with Crippen LogP contribution in [0.4, 0.5) is 0 Å². The predicted molar refractivity (Wildman–Crippen MR) is 99.4 cm³/mol. The molecule has 1 aliphatic heterocycles. The highest BCUT2D eigenvalue weighted by Gasteiger charge is 2.14. The summed E-state index contributed by atoms with van der Waals surface area (Å²) in [5, 5.41) is 10.7. The fourth-order valence-electron chi connectivity index (χ4n) is 3.36. The van der Waals surface area contributed by atoms with Gasteiger partial charge in [-0.05, 0) is 62.4 Å². The van der Waals surface area contributed by atoms with Crippen LogP contribution >= 0.6 is 0 Å². The molecular weight excluding hydrogens is 312 g/mol. The predicted octanol–water partition coefficient (Wildman–Crippen LogP) is 2.77. The van der Waals surface area contributed by atoms with Gasteiger partial charge >= 0.3 is 0 Å². The average molecular weight is 340 g/mol. The zero-order valence-corrected chi connectivity index (χ0v) is 15.0. The second kappa shape index (κ2) is 8.81. The molecular formula is C20H28N4O. The van der Waals surface area contributed by atoms with Gasteiger partial charge in [-0.3, -0.25) is 9.48 Å². The number of nitrogens with one attached hydrogen (secondary N) is 2. The van der Waals surface area contributed by atoms with Crippen molar-refractivity contribution in [3.63, 3.8) is 0 Å². The average Bonchev–Trinajstić information content (AvgIpc) is 3.09. The molecule has 0 aliphatic carbocycles. The van der Waals surface area contributed by atoms with Crippen LogP contribution in [0.15, 0.2) is 36.7 Å². The number of hydrogen-bond acceptors (Lipinski definition) is 3. The van der Waals surface area contributed by atoms with Crippen molar-refractivity contribution in [1.29, 1.82) is 0 Å². The second-order valence-electron chi connectivity index (χ2n) is 6.91. The molecule has 1 aromatic heterocycles. The Balaban J connectivity index is 1.49. The van der Waals surface area contributed by atoms with Crippen molar-refractivity contribution in [3.05, 3.63) is 53.3 Å². The SMILES string of the molecule is CCCn1cc(CNC(=O)c2ccc(C[C@H]3CCCNC3)cc2)cn1. The van der Waals surface area contributed by atoms with Crippen molar-refractivity contribution in [1.82, 2.24) is 20.4 Å². The number of benzene rings is 1. The monoisotopic (exact) mass is 340 g/mol. The lowest BCUT2D eigenvalue weighted by atomic mass is 9.92. The molecule has 3 rings (SSSR count). The number of piperidine rings is 1. The third-order valence-electron chi connectivity index (χ3n) is 4.73. The summed E-state index contributed by atoms with van der Waals surface area (Å²) in [6.45, 7) is 5.79. The first-order valence-electron chi connectivity index (χ1n) is 9.34. The van der Waals surface area contributed by atoms with Gasteiger partial charge in [-0.25, -0.2) is 0 Å². The molecule has 0 bridgehead atoms. The van der Waals surface area contributed by atoms with E-state index in [-0.39, 0.29) is 5.91 Å². The molecule has 1 atom stereocenters. The van der Waals surface area contributed by atoms with Gasteiger partial charge in [0.2, 0.25) is 0 Å². The molecule has 1 saturated heterocycles. The molecule has 0 unspecified atom stereocenters. The van der Waals surface area contributed by atoms with Crippen molar-refractivity contribution in [3.8, 4) is 0 Å². The smallest absolute Gasteiger partial charge is 0.251 e. The summed E-state index contributed by atoms with van der Waals surface area (Å²) in [6, 6.07) is 8.04. The molecule has 2 heterocycles. The first-order chi connectivity index (χ1) is 12.2. The van der Waals surface area contributed by atoms with Gasteiger partial charge in [0.25, 0.3) is 5.91 Å². The maximum atomic E-state index is 12.3. The molecule has 25 heavy (non-hydrogen) atoms. The third-order valence-corrected chi connectivity index (χ3v) is 4.73. The van der Waals surface area contributed by atoms with Crippen LogP contribution in [0.5, 0.6) is 0 Å². The molecule has 2 N–H and O–H groups in total. The topological polar surface area (TPSA) is 59.0 Å². The van der Waals surface area contributed by atoms with Crippen LogP contribution < -0.4 is 10.6 Å². The quantitative estimate of drug-likeness (QED) is 0.815. The molecule has 5 heteroatoms. The number of amides is 1. The summed E-state index contributed by atoms with van der Waals surface area (Å²) >= 11 is 0. The molecule has 0 spiro atoms. The van der Waals surface area contributed by atoms with E-state index >= 15 is 0 Å². The Kier molecular flexibility index (Phi) is 6.23. The van der Waals surface area contributed by atoms with E-state index < -0.39 is 0 Å².